The number of H-pyrrole nitrogens is 1. The normalized spacial score (nSPS) is 11.9. The summed E-state index contributed by atoms with van der Waals surface area (Å²) in [6.07, 6.45) is 0.802. The minimum absolute atomic E-state index is 0.118. The molecule has 2 heterocycles. The minimum Gasteiger partial charge on any atom is -0.497 e. The molecule has 0 amide bonds. The van der Waals surface area contributed by atoms with Crippen LogP contribution in [0.4, 0.5) is 0 Å². The number of fused-ring (bicyclic) bond motifs is 1. The summed E-state index contributed by atoms with van der Waals surface area (Å²) in [6, 6.07) is 15.8. The Kier molecular flexibility index (Phi) is 5.31. The summed E-state index contributed by atoms with van der Waals surface area (Å²) in [6.45, 7) is 4.39. The number of hydrogen-bond donors (Lipinski definition) is 1. The van der Waals surface area contributed by atoms with Gasteiger partial charge in [-0.2, -0.15) is 4.68 Å². The molecule has 0 radical (unpaired) electrons. The molecule has 4 aromatic rings. The van der Waals surface area contributed by atoms with Crippen LogP contribution >= 0.6 is 11.3 Å². The predicted molar refractivity (Wildman–Crippen MR) is 118 cm³/mol. The largest absolute Gasteiger partial charge is 0.497 e. The van der Waals surface area contributed by atoms with Crippen molar-refractivity contribution >= 4 is 27.3 Å². The fraction of sp³-hybridized carbons (Fsp3) is 0.227. The van der Waals surface area contributed by atoms with E-state index in [1.54, 1.807) is 7.11 Å². The van der Waals surface area contributed by atoms with Gasteiger partial charge in [-0.25, -0.2) is 4.98 Å². The molecule has 0 aliphatic carbocycles. The molecule has 0 bridgehead atoms. The van der Waals surface area contributed by atoms with Gasteiger partial charge in [-0.05, 0) is 50.1 Å². The van der Waals surface area contributed by atoms with E-state index >= 15 is 0 Å². The fourth-order valence-electron chi connectivity index (χ4n) is 3.29. The Labute approximate surface area is 172 Å². The van der Waals surface area contributed by atoms with E-state index in [-0.39, 0.29) is 5.56 Å². The van der Waals surface area contributed by atoms with Crippen LogP contribution in [0.2, 0.25) is 0 Å². The van der Waals surface area contributed by atoms with E-state index in [2.05, 4.69) is 15.1 Å². The van der Waals surface area contributed by atoms with Crippen molar-refractivity contribution in [1.29, 1.82) is 0 Å². The molecule has 6 nitrogen and oxygen atoms in total. The molecule has 1 N–H and O–H groups in total. The number of nitrogens with zero attached hydrogens (tertiary/aromatic N) is 3. The summed E-state index contributed by atoms with van der Waals surface area (Å²) in [5.41, 5.74) is 4.08. The molecule has 0 saturated carbocycles. The number of thiazole rings is 1. The van der Waals surface area contributed by atoms with Crippen molar-refractivity contribution in [3.8, 4) is 10.9 Å². The number of rotatable bonds is 6. The highest BCUT2D eigenvalue weighted by Gasteiger charge is 2.17. The molecule has 0 aliphatic heterocycles. The third-order valence-electron chi connectivity index (χ3n) is 4.82. The number of para-hydroxylation sites is 1. The first-order valence-electron chi connectivity index (χ1n) is 9.38. The number of nitrogens with one attached hydrogen (secondary N) is 1. The highest BCUT2D eigenvalue weighted by atomic mass is 32.1. The number of ether oxygens (including phenoxy) is 1. The second kappa shape index (κ2) is 8.05. The van der Waals surface area contributed by atoms with Crippen molar-refractivity contribution in [1.82, 2.24) is 14.8 Å². The number of benzene rings is 2. The van der Waals surface area contributed by atoms with Crippen LogP contribution in [0.5, 0.6) is 5.75 Å². The highest BCUT2D eigenvalue weighted by Crippen LogP contribution is 2.23. The smallest absolute Gasteiger partial charge is 0.282 e. The van der Waals surface area contributed by atoms with Crippen LogP contribution in [0.3, 0.4) is 0 Å². The topological polar surface area (TPSA) is 72.3 Å². The van der Waals surface area contributed by atoms with Crippen LogP contribution in [0.25, 0.3) is 15.3 Å². The van der Waals surface area contributed by atoms with Crippen LogP contribution in [0.15, 0.2) is 58.3 Å². The Morgan fingerprint density at radius 1 is 1.21 bits per heavy atom. The molecule has 0 saturated heterocycles. The van der Waals surface area contributed by atoms with Crippen LogP contribution in [-0.4, -0.2) is 34.1 Å². The van der Waals surface area contributed by atoms with Crippen LogP contribution < -0.4 is 10.3 Å². The van der Waals surface area contributed by atoms with Crippen molar-refractivity contribution in [2.45, 2.75) is 20.3 Å². The second-order valence-corrected chi connectivity index (χ2v) is 7.79. The van der Waals surface area contributed by atoms with Gasteiger partial charge in [0.05, 0.1) is 22.9 Å². The molecule has 4 rings (SSSR count). The number of aryl methyl sites for hydroxylation is 1. The van der Waals surface area contributed by atoms with Crippen LogP contribution in [0, 0.1) is 6.92 Å². The maximum atomic E-state index is 13.0. The quantitative estimate of drug-likeness (QED) is 0.489. The summed E-state index contributed by atoms with van der Waals surface area (Å²) < 4.78 is 7.74. The van der Waals surface area contributed by atoms with E-state index in [0.29, 0.717) is 17.2 Å². The molecular weight excluding hydrogens is 384 g/mol. The van der Waals surface area contributed by atoms with E-state index in [9.17, 15) is 4.79 Å². The first-order valence-corrected chi connectivity index (χ1v) is 10.2. The number of aromatic nitrogens is 3. The number of aromatic amines is 1. The number of aliphatic imine (C=N–C) groups is 1. The van der Waals surface area contributed by atoms with Gasteiger partial charge in [0.1, 0.15) is 5.75 Å². The van der Waals surface area contributed by atoms with Crippen molar-refractivity contribution in [2.75, 3.05) is 13.7 Å². The Balaban J connectivity index is 1.56. The average molecular weight is 407 g/mol. The SMILES string of the molecule is COc1ccc(CCN=C(C)c2c(C)[nH]n(-c3nc4ccccc4s3)c2=O)cc1. The molecule has 2 aromatic heterocycles. The summed E-state index contributed by atoms with van der Waals surface area (Å²) in [5, 5.41) is 3.78. The molecule has 29 heavy (non-hydrogen) atoms. The number of methoxy groups -OCH3 is 1. The van der Waals surface area contributed by atoms with Gasteiger partial charge >= 0.3 is 0 Å². The molecule has 7 heteroatoms. The zero-order valence-corrected chi connectivity index (χ0v) is 17.4. The molecule has 0 fully saturated rings. The molecule has 0 atom stereocenters. The van der Waals surface area contributed by atoms with Gasteiger partial charge in [-0.3, -0.25) is 14.9 Å². The average Bonchev–Trinajstić information content (AvgIpc) is 3.28. The van der Waals surface area contributed by atoms with Gasteiger partial charge < -0.3 is 4.74 Å². The lowest BCUT2D eigenvalue weighted by Gasteiger charge is -2.02. The second-order valence-electron chi connectivity index (χ2n) is 6.78. The lowest BCUT2D eigenvalue weighted by Crippen LogP contribution is -2.19. The van der Waals surface area contributed by atoms with Crippen molar-refractivity contribution < 1.29 is 4.74 Å². The predicted octanol–water partition coefficient (Wildman–Crippen LogP) is 4.14. The van der Waals surface area contributed by atoms with Gasteiger partial charge in [-0.1, -0.05) is 35.6 Å². The van der Waals surface area contributed by atoms with Gasteiger partial charge in [0, 0.05) is 18.0 Å². The first kappa shape index (κ1) is 19.1. The molecular formula is C22H22N4O2S. The fourth-order valence-corrected chi connectivity index (χ4v) is 4.21. The monoisotopic (exact) mass is 406 g/mol. The van der Waals surface area contributed by atoms with Crippen LogP contribution in [-0.2, 0) is 6.42 Å². The number of hydrogen-bond acceptors (Lipinski definition) is 5. The van der Waals surface area contributed by atoms with Crippen molar-refractivity contribution in [3.63, 3.8) is 0 Å². The van der Waals surface area contributed by atoms with E-state index in [0.717, 1.165) is 33.8 Å². The van der Waals surface area contributed by atoms with Crippen LogP contribution in [0.1, 0.15) is 23.7 Å². The highest BCUT2D eigenvalue weighted by molar-refractivity contribution is 7.20. The zero-order chi connectivity index (χ0) is 20.4. The molecule has 2 aromatic carbocycles. The lowest BCUT2D eigenvalue weighted by molar-refractivity contribution is 0.414. The zero-order valence-electron chi connectivity index (χ0n) is 16.6. The maximum Gasteiger partial charge on any atom is 0.282 e. The summed E-state index contributed by atoms with van der Waals surface area (Å²) in [5.74, 6) is 0.840. The minimum atomic E-state index is -0.118. The van der Waals surface area contributed by atoms with E-state index in [4.69, 9.17) is 4.74 Å². The summed E-state index contributed by atoms with van der Waals surface area (Å²) in [4.78, 5) is 22.2. The maximum absolute atomic E-state index is 13.0. The van der Waals surface area contributed by atoms with Gasteiger partial charge in [0.25, 0.3) is 5.56 Å². The molecule has 0 spiro atoms. The Hall–Kier alpha value is -3.19. The Morgan fingerprint density at radius 3 is 2.69 bits per heavy atom. The summed E-state index contributed by atoms with van der Waals surface area (Å²) in [7, 11) is 1.66. The van der Waals surface area contributed by atoms with Gasteiger partial charge in [-0.15, -0.1) is 0 Å². The third-order valence-corrected chi connectivity index (χ3v) is 5.84. The Morgan fingerprint density at radius 2 is 1.97 bits per heavy atom. The van der Waals surface area contributed by atoms with E-state index < -0.39 is 0 Å². The van der Waals surface area contributed by atoms with E-state index in [1.165, 1.54) is 21.6 Å². The molecule has 148 valence electrons. The standard InChI is InChI=1S/C22H22N4O2S/c1-14(23-13-12-16-8-10-17(28-3)11-9-16)20-15(2)25-26(21(20)27)22-24-18-6-4-5-7-19(18)29-22/h4-11,25H,12-13H2,1-3H3. The van der Waals surface area contributed by atoms with E-state index in [1.807, 2.05) is 62.4 Å². The van der Waals surface area contributed by atoms with Crippen molar-refractivity contribution in [2.24, 2.45) is 4.99 Å². The van der Waals surface area contributed by atoms with Gasteiger partial charge in [0.2, 0.25) is 5.13 Å². The molecule has 0 aliphatic rings. The molecule has 0 unspecified atom stereocenters. The first-order chi connectivity index (χ1) is 14.1. The van der Waals surface area contributed by atoms with Crippen molar-refractivity contribution in [3.05, 3.63) is 75.7 Å². The van der Waals surface area contributed by atoms with Gasteiger partial charge in [0.15, 0.2) is 0 Å². The summed E-state index contributed by atoms with van der Waals surface area (Å²) >= 11 is 1.49. The third kappa shape index (κ3) is 3.86. The lowest BCUT2D eigenvalue weighted by atomic mass is 10.1. The Bertz CT molecular complexity index is 1200.